The maximum atomic E-state index is 6.17. The molecule has 0 aliphatic heterocycles. The molecule has 0 unspecified atom stereocenters. The minimum atomic E-state index is 0.346. The van der Waals surface area contributed by atoms with Gasteiger partial charge in [0.15, 0.2) is 0 Å². The quantitative estimate of drug-likeness (QED) is 0.793. The molecule has 0 atom stereocenters. The maximum absolute atomic E-state index is 6.17. The van der Waals surface area contributed by atoms with Gasteiger partial charge in [-0.2, -0.15) is 0 Å². The van der Waals surface area contributed by atoms with Crippen molar-refractivity contribution in [3.63, 3.8) is 0 Å². The summed E-state index contributed by atoms with van der Waals surface area (Å²) >= 11 is 9.72. The number of benzene rings is 1. The number of rotatable bonds is 5. The molecule has 3 nitrogen and oxygen atoms in total. The van der Waals surface area contributed by atoms with Crippen LogP contribution in [0, 0.1) is 13.8 Å². The van der Waals surface area contributed by atoms with Gasteiger partial charge in [-0.05, 0) is 56.2 Å². The molecule has 0 saturated heterocycles. The third-order valence-electron chi connectivity index (χ3n) is 3.06. The molecular weight excluding hydrogens is 352 g/mol. The Morgan fingerprint density at radius 3 is 2.52 bits per heavy atom. The average Bonchev–Trinajstić information content (AvgIpc) is 2.45. The van der Waals surface area contributed by atoms with Gasteiger partial charge in [0, 0.05) is 11.0 Å². The first-order valence-electron chi connectivity index (χ1n) is 6.80. The summed E-state index contributed by atoms with van der Waals surface area (Å²) in [6.07, 6.45) is 0. The van der Waals surface area contributed by atoms with E-state index < -0.39 is 0 Å². The fourth-order valence-electron chi connectivity index (χ4n) is 2.01. The van der Waals surface area contributed by atoms with Gasteiger partial charge in [-0.25, -0.2) is 4.98 Å². The Morgan fingerprint density at radius 1 is 1.24 bits per heavy atom. The number of nitrogens with one attached hydrogen (secondary N) is 1. The Balaban J connectivity index is 2.14. The molecule has 112 valence electrons. The van der Waals surface area contributed by atoms with Crippen LogP contribution in [-0.2, 0) is 6.61 Å². The molecule has 0 fully saturated rings. The maximum Gasteiger partial charge on any atom is 0.132 e. The van der Waals surface area contributed by atoms with Crippen molar-refractivity contribution >= 4 is 33.3 Å². The van der Waals surface area contributed by atoms with Crippen molar-refractivity contribution in [2.75, 3.05) is 11.9 Å². The van der Waals surface area contributed by atoms with Gasteiger partial charge in [0.2, 0.25) is 0 Å². The molecule has 0 bridgehead atoms. The van der Waals surface area contributed by atoms with Crippen LogP contribution in [0.15, 0.2) is 28.7 Å². The molecule has 1 N–H and O–H groups in total. The summed E-state index contributed by atoms with van der Waals surface area (Å²) in [7, 11) is 0. The summed E-state index contributed by atoms with van der Waals surface area (Å²) in [5.74, 6) is 1.63. The van der Waals surface area contributed by atoms with Gasteiger partial charge >= 0.3 is 0 Å². The standard InChI is InChI=1S/C16H18BrClN2O/c1-4-19-15-6-5-13(18)14(20-15)9-21-12-7-10(2)16(17)11(3)8-12/h5-8H,4,9H2,1-3H3,(H,19,20). The summed E-state index contributed by atoms with van der Waals surface area (Å²) in [5, 5.41) is 3.78. The second kappa shape index (κ2) is 7.14. The molecule has 0 amide bonds. The zero-order chi connectivity index (χ0) is 15.4. The third kappa shape index (κ3) is 4.11. The Bertz CT molecular complexity index is 623. The second-order valence-electron chi connectivity index (χ2n) is 4.82. The monoisotopic (exact) mass is 368 g/mol. The summed E-state index contributed by atoms with van der Waals surface area (Å²) < 4.78 is 6.94. The lowest BCUT2D eigenvalue weighted by Crippen LogP contribution is -2.04. The normalized spacial score (nSPS) is 10.5. The molecule has 21 heavy (non-hydrogen) atoms. The first-order chi connectivity index (χ1) is 10.0. The molecule has 1 heterocycles. The van der Waals surface area contributed by atoms with Crippen LogP contribution in [-0.4, -0.2) is 11.5 Å². The van der Waals surface area contributed by atoms with Gasteiger partial charge in [0.1, 0.15) is 18.2 Å². The Hall–Kier alpha value is -1.26. The molecule has 0 radical (unpaired) electrons. The molecule has 1 aromatic carbocycles. The van der Waals surface area contributed by atoms with Crippen molar-refractivity contribution < 1.29 is 4.74 Å². The van der Waals surface area contributed by atoms with E-state index in [1.54, 1.807) is 0 Å². The highest BCUT2D eigenvalue weighted by Gasteiger charge is 2.07. The first-order valence-corrected chi connectivity index (χ1v) is 7.97. The van der Waals surface area contributed by atoms with Crippen LogP contribution >= 0.6 is 27.5 Å². The lowest BCUT2D eigenvalue weighted by atomic mass is 10.1. The number of ether oxygens (including phenoxy) is 1. The highest BCUT2D eigenvalue weighted by Crippen LogP contribution is 2.27. The number of aromatic nitrogens is 1. The van der Waals surface area contributed by atoms with E-state index in [4.69, 9.17) is 16.3 Å². The molecular formula is C16H18BrClN2O. The number of halogens is 2. The number of nitrogens with zero attached hydrogens (tertiary/aromatic N) is 1. The van der Waals surface area contributed by atoms with Gasteiger partial charge in [0.25, 0.3) is 0 Å². The Labute approximate surface area is 138 Å². The van der Waals surface area contributed by atoms with Crippen molar-refractivity contribution in [1.82, 2.24) is 4.98 Å². The zero-order valence-corrected chi connectivity index (χ0v) is 14.7. The van der Waals surface area contributed by atoms with Crippen molar-refractivity contribution in [2.45, 2.75) is 27.4 Å². The van der Waals surface area contributed by atoms with E-state index in [0.29, 0.717) is 11.6 Å². The van der Waals surface area contributed by atoms with E-state index in [9.17, 15) is 0 Å². The smallest absolute Gasteiger partial charge is 0.132 e. The SMILES string of the molecule is CCNc1ccc(Cl)c(COc2cc(C)c(Br)c(C)c2)n1. The van der Waals surface area contributed by atoms with Crippen molar-refractivity contribution in [1.29, 1.82) is 0 Å². The Morgan fingerprint density at radius 2 is 1.90 bits per heavy atom. The summed E-state index contributed by atoms with van der Waals surface area (Å²) in [6.45, 7) is 7.28. The summed E-state index contributed by atoms with van der Waals surface area (Å²) in [4.78, 5) is 4.46. The number of aryl methyl sites for hydroxylation is 2. The first kappa shape index (κ1) is 16.1. The van der Waals surface area contributed by atoms with Crippen molar-refractivity contribution in [3.05, 3.63) is 50.6 Å². The largest absolute Gasteiger partial charge is 0.487 e. The van der Waals surface area contributed by atoms with E-state index in [1.807, 2.05) is 45.0 Å². The van der Waals surface area contributed by atoms with Gasteiger partial charge < -0.3 is 10.1 Å². The lowest BCUT2D eigenvalue weighted by Gasteiger charge is -2.11. The molecule has 0 aliphatic carbocycles. The van der Waals surface area contributed by atoms with Gasteiger partial charge in [-0.3, -0.25) is 0 Å². The molecule has 0 aliphatic rings. The Kier molecular flexibility index (Phi) is 5.48. The average molecular weight is 370 g/mol. The molecule has 2 rings (SSSR count). The highest BCUT2D eigenvalue weighted by atomic mass is 79.9. The number of hydrogen-bond donors (Lipinski definition) is 1. The third-order valence-corrected chi connectivity index (χ3v) is 4.66. The molecule has 2 aromatic rings. The summed E-state index contributed by atoms with van der Waals surface area (Å²) in [6, 6.07) is 7.70. The zero-order valence-electron chi connectivity index (χ0n) is 12.3. The van der Waals surface area contributed by atoms with Crippen LogP contribution in [0.5, 0.6) is 5.75 Å². The molecule has 1 aromatic heterocycles. The van der Waals surface area contributed by atoms with Gasteiger partial charge in [-0.15, -0.1) is 0 Å². The fourth-order valence-corrected chi connectivity index (χ4v) is 2.40. The van der Waals surface area contributed by atoms with Crippen LogP contribution < -0.4 is 10.1 Å². The van der Waals surface area contributed by atoms with Crippen LogP contribution in [0.4, 0.5) is 5.82 Å². The minimum Gasteiger partial charge on any atom is -0.487 e. The van der Waals surface area contributed by atoms with E-state index in [1.165, 1.54) is 0 Å². The second-order valence-corrected chi connectivity index (χ2v) is 6.02. The van der Waals surface area contributed by atoms with Gasteiger partial charge in [0.05, 0.1) is 10.7 Å². The number of pyridine rings is 1. The lowest BCUT2D eigenvalue weighted by molar-refractivity contribution is 0.301. The van der Waals surface area contributed by atoms with E-state index in [-0.39, 0.29) is 0 Å². The molecule has 0 spiro atoms. The topological polar surface area (TPSA) is 34.1 Å². The van der Waals surface area contributed by atoms with Crippen molar-refractivity contribution in [2.24, 2.45) is 0 Å². The molecule has 5 heteroatoms. The van der Waals surface area contributed by atoms with E-state index in [0.717, 1.165) is 39.4 Å². The van der Waals surface area contributed by atoms with E-state index in [2.05, 4.69) is 26.2 Å². The highest BCUT2D eigenvalue weighted by molar-refractivity contribution is 9.10. The van der Waals surface area contributed by atoms with E-state index >= 15 is 0 Å². The summed E-state index contributed by atoms with van der Waals surface area (Å²) in [5.41, 5.74) is 3.02. The van der Waals surface area contributed by atoms with Crippen LogP contribution in [0.25, 0.3) is 0 Å². The predicted octanol–water partition coefficient (Wildman–Crippen LogP) is 5.13. The number of anilines is 1. The molecule has 0 saturated carbocycles. The van der Waals surface area contributed by atoms with Crippen LogP contribution in [0.2, 0.25) is 5.02 Å². The number of hydrogen-bond acceptors (Lipinski definition) is 3. The van der Waals surface area contributed by atoms with Crippen LogP contribution in [0.3, 0.4) is 0 Å². The van der Waals surface area contributed by atoms with Gasteiger partial charge in [-0.1, -0.05) is 27.5 Å². The predicted molar refractivity (Wildman–Crippen MR) is 91.4 cm³/mol. The van der Waals surface area contributed by atoms with Crippen molar-refractivity contribution in [3.8, 4) is 5.75 Å². The minimum absolute atomic E-state index is 0.346. The fraction of sp³-hybridized carbons (Fsp3) is 0.312. The van der Waals surface area contributed by atoms with Crippen LogP contribution in [0.1, 0.15) is 23.7 Å².